The van der Waals surface area contributed by atoms with E-state index in [1.165, 1.54) is 5.56 Å². The van der Waals surface area contributed by atoms with Crippen LogP contribution in [0.4, 0.5) is 5.69 Å². The van der Waals surface area contributed by atoms with Crippen molar-refractivity contribution in [3.63, 3.8) is 0 Å². The number of carbonyl (C=O) groups is 1. The summed E-state index contributed by atoms with van der Waals surface area (Å²) < 4.78 is 0. The smallest absolute Gasteiger partial charge is 0.332 e. The SMILES string of the molecule is O=C(O)C(O)Cc1c(CC2CNc3ccccc32)[nH]c2ccccc12. The molecule has 1 aliphatic heterocycles. The minimum Gasteiger partial charge on any atom is -0.479 e. The van der Waals surface area contributed by atoms with E-state index in [1.807, 2.05) is 36.4 Å². The predicted molar refractivity (Wildman–Crippen MR) is 97.0 cm³/mol. The molecular weight excluding hydrogens is 316 g/mol. The molecule has 128 valence electrons. The van der Waals surface area contributed by atoms with Crippen LogP contribution < -0.4 is 5.32 Å². The van der Waals surface area contributed by atoms with E-state index >= 15 is 0 Å². The molecule has 0 radical (unpaired) electrons. The van der Waals surface area contributed by atoms with Crippen LogP contribution in [0, 0.1) is 0 Å². The molecule has 0 amide bonds. The quantitative estimate of drug-likeness (QED) is 0.577. The number of anilines is 1. The van der Waals surface area contributed by atoms with E-state index in [0.29, 0.717) is 5.92 Å². The Balaban J connectivity index is 1.71. The molecular formula is C20H20N2O3. The van der Waals surface area contributed by atoms with Crippen molar-refractivity contribution in [2.45, 2.75) is 24.9 Å². The van der Waals surface area contributed by atoms with Crippen molar-refractivity contribution < 1.29 is 15.0 Å². The molecule has 0 bridgehead atoms. The van der Waals surface area contributed by atoms with Crippen molar-refractivity contribution in [1.29, 1.82) is 0 Å². The summed E-state index contributed by atoms with van der Waals surface area (Å²) in [5.41, 5.74) is 5.32. The van der Waals surface area contributed by atoms with Gasteiger partial charge in [-0.1, -0.05) is 36.4 Å². The van der Waals surface area contributed by atoms with E-state index in [-0.39, 0.29) is 6.42 Å². The lowest BCUT2D eigenvalue weighted by Gasteiger charge is -2.12. The Kier molecular flexibility index (Phi) is 3.93. The lowest BCUT2D eigenvalue weighted by molar-refractivity contribution is -0.146. The van der Waals surface area contributed by atoms with Crippen molar-refractivity contribution in [3.05, 3.63) is 65.4 Å². The standard InChI is InChI=1S/C20H20N2O3/c23-19(20(24)25)10-15-14-6-2-4-8-17(14)22-18(15)9-12-11-21-16-7-3-1-5-13(12)16/h1-8,12,19,21-23H,9-11H2,(H,24,25). The zero-order valence-electron chi connectivity index (χ0n) is 13.7. The Labute approximate surface area is 145 Å². The van der Waals surface area contributed by atoms with Gasteiger partial charge in [0.25, 0.3) is 0 Å². The monoisotopic (exact) mass is 336 g/mol. The van der Waals surface area contributed by atoms with Crippen molar-refractivity contribution in [2.75, 3.05) is 11.9 Å². The van der Waals surface area contributed by atoms with Gasteiger partial charge in [-0.15, -0.1) is 0 Å². The lowest BCUT2D eigenvalue weighted by atomic mass is 9.93. The van der Waals surface area contributed by atoms with Crippen molar-refractivity contribution in [3.8, 4) is 0 Å². The molecule has 2 unspecified atom stereocenters. The maximum atomic E-state index is 11.1. The number of benzene rings is 2. The van der Waals surface area contributed by atoms with E-state index in [9.17, 15) is 9.90 Å². The first-order valence-corrected chi connectivity index (χ1v) is 8.45. The van der Waals surface area contributed by atoms with Crippen LogP contribution in [-0.2, 0) is 17.6 Å². The number of carboxylic acid groups (broad SMARTS) is 1. The average molecular weight is 336 g/mol. The molecule has 25 heavy (non-hydrogen) atoms. The van der Waals surface area contributed by atoms with E-state index in [1.54, 1.807) is 0 Å². The third-order valence-electron chi connectivity index (χ3n) is 4.97. The minimum absolute atomic E-state index is 0.108. The number of aliphatic hydroxyl groups is 1. The van der Waals surface area contributed by atoms with Gasteiger partial charge in [-0.2, -0.15) is 0 Å². The second-order valence-electron chi connectivity index (χ2n) is 6.56. The van der Waals surface area contributed by atoms with Crippen LogP contribution in [0.3, 0.4) is 0 Å². The normalized spacial score (nSPS) is 17.2. The Hall–Kier alpha value is -2.79. The molecule has 2 aromatic carbocycles. The molecule has 0 saturated carbocycles. The molecule has 4 rings (SSSR count). The molecule has 3 aromatic rings. The van der Waals surface area contributed by atoms with Gasteiger partial charge in [0.1, 0.15) is 0 Å². The number of carboxylic acids is 1. The Morgan fingerprint density at radius 1 is 1.16 bits per heavy atom. The maximum absolute atomic E-state index is 11.1. The minimum atomic E-state index is -1.40. The highest BCUT2D eigenvalue weighted by Gasteiger charge is 2.25. The molecule has 5 heteroatoms. The fraction of sp³-hybridized carbons (Fsp3) is 0.250. The van der Waals surface area contributed by atoms with E-state index < -0.39 is 12.1 Å². The molecule has 0 saturated heterocycles. The van der Waals surface area contributed by atoms with Crippen LogP contribution >= 0.6 is 0 Å². The fourth-order valence-corrected chi connectivity index (χ4v) is 3.73. The van der Waals surface area contributed by atoms with Gasteiger partial charge < -0.3 is 20.5 Å². The molecule has 0 fully saturated rings. The molecule has 2 atom stereocenters. The van der Waals surface area contributed by atoms with Gasteiger partial charge in [0.2, 0.25) is 0 Å². The van der Waals surface area contributed by atoms with Gasteiger partial charge in [-0.05, 0) is 29.7 Å². The van der Waals surface area contributed by atoms with Crippen LogP contribution in [0.5, 0.6) is 0 Å². The third kappa shape index (κ3) is 2.87. The molecule has 0 spiro atoms. The van der Waals surface area contributed by atoms with Crippen LogP contribution in [0.1, 0.15) is 22.7 Å². The average Bonchev–Trinajstić information content (AvgIpc) is 3.17. The zero-order chi connectivity index (χ0) is 17.4. The number of fused-ring (bicyclic) bond motifs is 2. The number of hydrogen-bond acceptors (Lipinski definition) is 3. The van der Waals surface area contributed by atoms with E-state index in [4.69, 9.17) is 5.11 Å². The molecule has 2 heterocycles. The molecule has 5 nitrogen and oxygen atoms in total. The molecule has 1 aliphatic rings. The number of hydrogen-bond donors (Lipinski definition) is 4. The fourth-order valence-electron chi connectivity index (χ4n) is 3.73. The Bertz CT molecular complexity index is 932. The number of H-pyrrole nitrogens is 1. The van der Waals surface area contributed by atoms with Gasteiger partial charge >= 0.3 is 5.97 Å². The summed E-state index contributed by atoms with van der Waals surface area (Å²) in [6.07, 6.45) is -0.511. The van der Waals surface area contributed by atoms with Crippen LogP contribution in [0.15, 0.2) is 48.5 Å². The van der Waals surface area contributed by atoms with Gasteiger partial charge in [-0.25, -0.2) is 4.79 Å². The summed E-state index contributed by atoms with van der Waals surface area (Å²) in [7, 11) is 0. The first kappa shape index (κ1) is 15.7. The molecule has 0 aliphatic carbocycles. The number of aliphatic carboxylic acids is 1. The number of aromatic amines is 1. The summed E-state index contributed by atoms with van der Waals surface area (Å²) in [6, 6.07) is 16.1. The number of nitrogens with one attached hydrogen (secondary N) is 2. The van der Waals surface area contributed by atoms with E-state index in [0.717, 1.165) is 40.8 Å². The highest BCUT2D eigenvalue weighted by molar-refractivity contribution is 5.85. The number of aliphatic hydroxyl groups excluding tert-OH is 1. The highest BCUT2D eigenvalue weighted by Crippen LogP contribution is 2.35. The summed E-state index contributed by atoms with van der Waals surface area (Å²) in [4.78, 5) is 14.5. The Morgan fingerprint density at radius 3 is 2.76 bits per heavy atom. The summed E-state index contributed by atoms with van der Waals surface area (Å²) in [6.45, 7) is 0.857. The summed E-state index contributed by atoms with van der Waals surface area (Å²) in [5.74, 6) is -0.867. The second kappa shape index (κ2) is 6.26. The first-order valence-electron chi connectivity index (χ1n) is 8.45. The second-order valence-corrected chi connectivity index (χ2v) is 6.56. The Morgan fingerprint density at radius 2 is 1.92 bits per heavy atom. The van der Waals surface area contributed by atoms with Crippen LogP contribution in [0.25, 0.3) is 10.9 Å². The van der Waals surface area contributed by atoms with Crippen molar-refractivity contribution in [2.24, 2.45) is 0 Å². The molecule has 4 N–H and O–H groups in total. The maximum Gasteiger partial charge on any atom is 0.332 e. The lowest BCUT2D eigenvalue weighted by Crippen LogP contribution is -2.22. The largest absolute Gasteiger partial charge is 0.479 e. The highest BCUT2D eigenvalue weighted by atomic mass is 16.4. The van der Waals surface area contributed by atoms with Gasteiger partial charge in [0.05, 0.1) is 0 Å². The third-order valence-corrected chi connectivity index (χ3v) is 4.97. The summed E-state index contributed by atoms with van der Waals surface area (Å²) >= 11 is 0. The van der Waals surface area contributed by atoms with E-state index in [2.05, 4.69) is 22.4 Å². The topological polar surface area (TPSA) is 85.3 Å². The van der Waals surface area contributed by atoms with Gasteiger partial charge in [0, 0.05) is 41.2 Å². The van der Waals surface area contributed by atoms with Crippen LogP contribution in [0.2, 0.25) is 0 Å². The predicted octanol–water partition coefficient (Wildman–Crippen LogP) is 2.91. The van der Waals surface area contributed by atoms with Gasteiger partial charge in [-0.3, -0.25) is 0 Å². The summed E-state index contributed by atoms with van der Waals surface area (Å²) in [5, 5.41) is 23.4. The zero-order valence-corrected chi connectivity index (χ0v) is 13.7. The van der Waals surface area contributed by atoms with Gasteiger partial charge in [0.15, 0.2) is 6.10 Å². The number of para-hydroxylation sites is 2. The van der Waals surface area contributed by atoms with Crippen molar-refractivity contribution in [1.82, 2.24) is 4.98 Å². The van der Waals surface area contributed by atoms with Crippen molar-refractivity contribution >= 4 is 22.6 Å². The molecule has 1 aromatic heterocycles. The first-order chi connectivity index (χ1) is 12.1. The van der Waals surface area contributed by atoms with Crippen LogP contribution in [-0.4, -0.2) is 33.8 Å². The number of aromatic nitrogens is 1. The number of rotatable bonds is 5.